The van der Waals surface area contributed by atoms with Gasteiger partial charge in [-0.15, -0.1) is 5.10 Å². The van der Waals surface area contributed by atoms with Crippen LogP contribution in [0.15, 0.2) is 24.4 Å². The molecular formula is C11H11ClN4O2. The first-order chi connectivity index (χ1) is 8.56. The molecule has 2 N–H and O–H groups in total. The van der Waals surface area contributed by atoms with E-state index in [9.17, 15) is 4.79 Å². The van der Waals surface area contributed by atoms with Crippen LogP contribution in [0.25, 0.3) is 0 Å². The van der Waals surface area contributed by atoms with Crippen molar-refractivity contribution >= 4 is 23.3 Å². The van der Waals surface area contributed by atoms with Gasteiger partial charge in [0.2, 0.25) is 0 Å². The molecule has 0 saturated heterocycles. The minimum atomic E-state index is -0.523. The van der Waals surface area contributed by atoms with Crippen LogP contribution in [0.2, 0.25) is 5.02 Å². The predicted octanol–water partition coefficient (Wildman–Crippen LogP) is 1.41. The maximum absolute atomic E-state index is 11.8. The van der Waals surface area contributed by atoms with Crippen LogP contribution in [0.5, 0.6) is 0 Å². The molecule has 1 aromatic heterocycles. The summed E-state index contributed by atoms with van der Waals surface area (Å²) in [5.41, 5.74) is 6.87. The average Bonchev–Trinajstić information content (AvgIpc) is 2.72. The highest BCUT2D eigenvalue weighted by Gasteiger charge is 2.12. The van der Waals surface area contributed by atoms with E-state index in [-0.39, 0.29) is 17.2 Å². The van der Waals surface area contributed by atoms with E-state index in [1.807, 2.05) is 0 Å². The summed E-state index contributed by atoms with van der Waals surface area (Å²) in [5, 5.41) is 7.79. The third-order valence-electron chi connectivity index (χ3n) is 2.21. The number of hydrogen-bond donors (Lipinski definition) is 1. The average molecular weight is 267 g/mol. The summed E-state index contributed by atoms with van der Waals surface area (Å²) in [7, 11) is 1.73. The van der Waals surface area contributed by atoms with Crippen molar-refractivity contribution in [3.8, 4) is 0 Å². The van der Waals surface area contributed by atoms with Gasteiger partial charge in [-0.25, -0.2) is 4.79 Å². The lowest BCUT2D eigenvalue weighted by molar-refractivity contribution is 0.0468. The highest BCUT2D eigenvalue weighted by Crippen LogP contribution is 2.20. The highest BCUT2D eigenvalue weighted by molar-refractivity contribution is 6.33. The molecule has 18 heavy (non-hydrogen) atoms. The van der Waals surface area contributed by atoms with Crippen LogP contribution >= 0.6 is 11.6 Å². The van der Waals surface area contributed by atoms with E-state index in [0.29, 0.717) is 11.4 Å². The fourth-order valence-corrected chi connectivity index (χ4v) is 1.64. The van der Waals surface area contributed by atoms with Crippen molar-refractivity contribution in [3.05, 3.63) is 40.7 Å². The fraction of sp³-hybridized carbons (Fsp3) is 0.182. The van der Waals surface area contributed by atoms with Gasteiger partial charge in [0, 0.05) is 12.7 Å². The van der Waals surface area contributed by atoms with Gasteiger partial charge >= 0.3 is 5.97 Å². The van der Waals surface area contributed by atoms with Gasteiger partial charge in [0.25, 0.3) is 0 Å². The predicted molar refractivity (Wildman–Crippen MR) is 66.0 cm³/mol. The molecule has 0 atom stereocenters. The number of nitrogens with zero attached hydrogens (tertiary/aromatic N) is 3. The summed E-state index contributed by atoms with van der Waals surface area (Å²) in [5.74, 6) is -0.523. The molecule has 94 valence electrons. The maximum atomic E-state index is 11.8. The second-order valence-corrected chi connectivity index (χ2v) is 4.11. The number of carbonyl (C=O) groups excluding carboxylic acids is 1. The standard InChI is InChI=1S/C11H11ClN4O2/c1-16-5-8(14-15-16)6-18-11(17)9-3-2-7(13)4-10(9)12/h2-5H,6,13H2,1H3. The van der Waals surface area contributed by atoms with Crippen molar-refractivity contribution in [2.45, 2.75) is 6.61 Å². The Balaban J connectivity index is 2.03. The Bertz CT molecular complexity index is 582. The maximum Gasteiger partial charge on any atom is 0.340 e. The Morgan fingerprint density at radius 2 is 2.33 bits per heavy atom. The normalized spacial score (nSPS) is 10.3. The van der Waals surface area contributed by atoms with Gasteiger partial charge in [-0.3, -0.25) is 4.68 Å². The molecule has 2 rings (SSSR count). The van der Waals surface area contributed by atoms with Crippen LogP contribution in [-0.2, 0) is 18.4 Å². The van der Waals surface area contributed by atoms with Crippen molar-refractivity contribution in [2.75, 3.05) is 5.73 Å². The lowest BCUT2D eigenvalue weighted by Gasteiger charge is -2.05. The highest BCUT2D eigenvalue weighted by atomic mass is 35.5. The van der Waals surface area contributed by atoms with Gasteiger partial charge < -0.3 is 10.5 Å². The Labute approximate surface area is 108 Å². The summed E-state index contributed by atoms with van der Waals surface area (Å²) in [6.07, 6.45) is 1.66. The van der Waals surface area contributed by atoms with E-state index in [1.165, 1.54) is 16.8 Å². The van der Waals surface area contributed by atoms with Gasteiger partial charge in [0.05, 0.1) is 16.8 Å². The van der Waals surface area contributed by atoms with E-state index in [0.717, 1.165) is 0 Å². The Morgan fingerprint density at radius 3 is 2.94 bits per heavy atom. The number of halogens is 1. The third-order valence-corrected chi connectivity index (χ3v) is 2.53. The molecule has 0 amide bonds. The van der Waals surface area contributed by atoms with Gasteiger partial charge in [0.15, 0.2) is 0 Å². The molecule has 0 radical (unpaired) electrons. The number of carbonyl (C=O) groups is 1. The van der Waals surface area contributed by atoms with Gasteiger partial charge in [-0.2, -0.15) is 0 Å². The topological polar surface area (TPSA) is 83.0 Å². The largest absolute Gasteiger partial charge is 0.455 e. The zero-order chi connectivity index (χ0) is 13.1. The van der Waals surface area contributed by atoms with Gasteiger partial charge in [0.1, 0.15) is 12.3 Å². The summed E-state index contributed by atoms with van der Waals surface area (Å²) in [6.45, 7) is 0.0490. The molecule has 6 nitrogen and oxygen atoms in total. The molecular weight excluding hydrogens is 256 g/mol. The lowest BCUT2D eigenvalue weighted by atomic mass is 10.2. The summed E-state index contributed by atoms with van der Waals surface area (Å²) in [6, 6.07) is 4.61. The third kappa shape index (κ3) is 2.78. The van der Waals surface area contributed by atoms with Crippen LogP contribution in [0.1, 0.15) is 16.1 Å². The Hall–Kier alpha value is -2.08. The van der Waals surface area contributed by atoms with E-state index in [4.69, 9.17) is 22.1 Å². The van der Waals surface area contributed by atoms with E-state index >= 15 is 0 Å². The monoisotopic (exact) mass is 266 g/mol. The quantitative estimate of drug-likeness (QED) is 0.671. The molecule has 0 aliphatic carbocycles. The first-order valence-corrected chi connectivity index (χ1v) is 5.51. The second kappa shape index (κ2) is 5.05. The second-order valence-electron chi connectivity index (χ2n) is 3.70. The number of benzene rings is 1. The number of rotatable bonds is 3. The van der Waals surface area contributed by atoms with Gasteiger partial charge in [-0.05, 0) is 18.2 Å². The molecule has 1 aromatic carbocycles. The van der Waals surface area contributed by atoms with Crippen LogP contribution in [0.4, 0.5) is 5.69 Å². The summed E-state index contributed by atoms with van der Waals surface area (Å²) in [4.78, 5) is 11.8. The Kier molecular flexibility index (Phi) is 3.47. The molecule has 0 bridgehead atoms. The zero-order valence-electron chi connectivity index (χ0n) is 9.63. The van der Waals surface area contributed by atoms with Crippen molar-refractivity contribution in [3.63, 3.8) is 0 Å². The summed E-state index contributed by atoms with van der Waals surface area (Å²) >= 11 is 5.90. The molecule has 0 unspecified atom stereocenters. The molecule has 0 spiro atoms. The molecule has 0 aliphatic heterocycles. The summed E-state index contributed by atoms with van der Waals surface area (Å²) < 4.78 is 6.60. The van der Waals surface area contributed by atoms with Crippen LogP contribution in [-0.4, -0.2) is 21.0 Å². The van der Waals surface area contributed by atoms with Crippen LogP contribution in [0, 0.1) is 0 Å². The zero-order valence-corrected chi connectivity index (χ0v) is 10.4. The van der Waals surface area contributed by atoms with Crippen molar-refractivity contribution in [1.82, 2.24) is 15.0 Å². The van der Waals surface area contributed by atoms with E-state index < -0.39 is 5.97 Å². The van der Waals surface area contributed by atoms with Crippen LogP contribution in [0.3, 0.4) is 0 Å². The molecule has 0 aliphatic rings. The van der Waals surface area contributed by atoms with E-state index in [2.05, 4.69) is 10.3 Å². The number of nitrogens with two attached hydrogens (primary N) is 1. The number of aromatic nitrogens is 3. The van der Waals surface area contributed by atoms with Crippen molar-refractivity contribution in [1.29, 1.82) is 0 Å². The minimum Gasteiger partial charge on any atom is -0.455 e. The number of anilines is 1. The van der Waals surface area contributed by atoms with Crippen LogP contribution < -0.4 is 5.73 Å². The molecule has 0 fully saturated rings. The fourth-order valence-electron chi connectivity index (χ4n) is 1.38. The molecule has 2 aromatic rings. The lowest BCUT2D eigenvalue weighted by Crippen LogP contribution is -2.06. The smallest absolute Gasteiger partial charge is 0.340 e. The minimum absolute atomic E-state index is 0.0490. The number of esters is 1. The van der Waals surface area contributed by atoms with Crippen molar-refractivity contribution in [2.24, 2.45) is 7.05 Å². The van der Waals surface area contributed by atoms with E-state index in [1.54, 1.807) is 19.3 Å². The number of nitrogen functional groups attached to an aromatic ring is 1. The molecule has 0 saturated carbocycles. The number of ether oxygens (including phenoxy) is 1. The van der Waals surface area contributed by atoms with Gasteiger partial charge in [-0.1, -0.05) is 16.8 Å². The Morgan fingerprint density at radius 1 is 1.56 bits per heavy atom. The molecule has 1 heterocycles. The first kappa shape index (κ1) is 12.4. The number of aryl methyl sites for hydroxylation is 1. The first-order valence-electron chi connectivity index (χ1n) is 5.13. The number of hydrogen-bond acceptors (Lipinski definition) is 5. The molecule has 7 heteroatoms. The SMILES string of the molecule is Cn1cc(COC(=O)c2ccc(N)cc2Cl)nn1. The van der Waals surface area contributed by atoms with Crippen molar-refractivity contribution < 1.29 is 9.53 Å².